The predicted octanol–water partition coefficient (Wildman–Crippen LogP) is 2.41. The highest BCUT2D eigenvalue weighted by molar-refractivity contribution is 5.80. The van der Waals surface area contributed by atoms with Gasteiger partial charge in [0.25, 0.3) is 0 Å². The third-order valence-electron chi connectivity index (χ3n) is 4.57. The molecule has 1 aliphatic heterocycles. The number of nitrogens with one attached hydrogen (secondary N) is 1. The van der Waals surface area contributed by atoms with Crippen LogP contribution in [-0.2, 0) is 16.5 Å². The van der Waals surface area contributed by atoms with Crippen LogP contribution in [0.5, 0.6) is 0 Å². The maximum absolute atomic E-state index is 12.5. The fraction of sp³-hybridized carbons (Fsp3) is 0.762. The quantitative estimate of drug-likeness (QED) is 0.537. The number of aryl methyl sites for hydroxylation is 1. The van der Waals surface area contributed by atoms with E-state index >= 15 is 0 Å². The number of morpholine rings is 1. The fourth-order valence-electron chi connectivity index (χ4n) is 3.24. The first kappa shape index (κ1) is 24.0. The lowest BCUT2D eigenvalue weighted by Crippen LogP contribution is -2.48. The van der Waals surface area contributed by atoms with Gasteiger partial charge < -0.3 is 24.6 Å². The Morgan fingerprint density at radius 2 is 2.17 bits per heavy atom. The first-order valence-corrected chi connectivity index (χ1v) is 10.8. The summed E-state index contributed by atoms with van der Waals surface area (Å²) in [6.45, 7) is 14.3. The number of hydrogen-bond donors (Lipinski definition) is 1. The van der Waals surface area contributed by atoms with Crippen molar-refractivity contribution in [2.45, 2.75) is 52.7 Å². The second-order valence-corrected chi connectivity index (χ2v) is 8.46. The number of amides is 1. The van der Waals surface area contributed by atoms with Crippen LogP contribution in [0.4, 0.5) is 4.79 Å². The van der Waals surface area contributed by atoms with E-state index in [2.05, 4.69) is 29.2 Å². The Bertz CT molecular complexity index is 697. The number of hydrogen-bond acceptors (Lipinski definition) is 5. The lowest BCUT2D eigenvalue weighted by molar-refractivity contribution is -0.00805. The summed E-state index contributed by atoms with van der Waals surface area (Å²) in [6.07, 6.45) is 4.39. The van der Waals surface area contributed by atoms with E-state index in [-0.39, 0.29) is 12.2 Å². The standard InChI is InChI=1S/C21H38N6O3/c1-7-10-26(20(28)30-21(3,4)5)11-9-23-19(22-8-2)27-12-13-29-18(16-27)17-14-24-25(6)15-17/h14-15,18H,7-13,16H2,1-6H3,(H,22,23). The number of ether oxygens (including phenoxy) is 2. The van der Waals surface area contributed by atoms with Gasteiger partial charge in [0, 0.05) is 45.0 Å². The molecule has 1 aromatic heterocycles. The highest BCUT2D eigenvalue weighted by Gasteiger charge is 2.25. The Labute approximate surface area is 180 Å². The Hall–Kier alpha value is -2.29. The second-order valence-electron chi connectivity index (χ2n) is 8.46. The molecular weight excluding hydrogens is 384 g/mol. The minimum Gasteiger partial charge on any atom is -0.444 e. The third kappa shape index (κ3) is 7.51. The van der Waals surface area contributed by atoms with Gasteiger partial charge in [-0.25, -0.2) is 4.79 Å². The average Bonchev–Trinajstić information content (AvgIpc) is 3.11. The van der Waals surface area contributed by atoms with Crippen molar-refractivity contribution < 1.29 is 14.3 Å². The number of aromatic nitrogens is 2. The molecule has 2 heterocycles. The first-order chi connectivity index (χ1) is 14.2. The molecule has 1 N–H and O–H groups in total. The van der Waals surface area contributed by atoms with Gasteiger partial charge in [-0.1, -0.05) is 6.92 Å². The van der Waals surface area contributed by atoms with Crippen LogP contribution in [-0.4, -0.2) is 83.1 Å². The van der Waals surface area contributed by atoms with Crippen LogP contribution in [0.1, 0.15) is 52.7 Å². The first-order valence-electron chi connectivity index (χ1n) is 10.8. The van der Waals surface area contributed by atoms with Crippen molar-refractivity contribution in [3.63, 3.8) is 0 Å². The van der Waals surface area contributed by atoms with E-state index in [1.165, 1.54) is 0 Å². The van der Waals surface area contributed by atoms with Crippen LogP contribution in [0.25, 0.3) is 0 Å². The third-order valence-corrected chi connectivity index (χ3v) is 4.57. The molecule has 1 amide bonds. The maximum atomic E-state index is 12.5. The smallest absolute Gasteiger partial charge is 0.410 e. The summed E-state index contributed by atoms with van der Waals surface area (Å²) in [5.74, 6) is 0.843. The van der Waals surface area contributed by atoms with E-state index in [9.17, 15) is 4.79 Å². The lowest BCUT2D eigenvalue weighted by atomic mass is 10.1. The zero-order valence-corrected chi connectivity index (χ0v) is 19.3. The molecular formula is C21H38N6O3. The Kier molecular flexibility index (Phi) is 8.95. The van der Waals surface area contributed by atoms with Gasteiger partial charge in [0.05, 0.1) is 25.9 Å². The second kappa shape index (κ2) is 11.2. The average molecular weight is 423 g/mol. The number of carbonyl (C=O) groups is 1. The molecule has 0 bridgehead atoms. The van der Waals surface area contributed by atoms with Gasteiger partial charge in [-0.2, -0.15) is 5.10 Å². The molecule has 0 saturated carbocycles. The van der Waals surface area contributed by atoms with Crippen LogP contribution in [0.3, 0.4) is 0 Å². The van der Waals surface area contributed by atoms with Crippen molar-refractivity contribution in [2.24, 2.45) is 12.0 Å². The van der Waals surface area contributed by atoms with Gasteiger partial charge in [0.2, 0.25) is 0 Å². The van der Waals surface area contributed by atoms with Crippen LogP contribution in [0.15, 0.2) is 17.4 Å². The van der Waals surface area contributed by atoms with E-state index in [1.807, 2.05) is 40.2 Å². The summed E-state index contributed by atoms with van der Waals surface area (Å²) in [6, 6.07) is 0. The van der Waals surface area contributed by atoms with Crippen molar-refractivity contribution in [1.29, 1.82) is 0 Å². The van der Waals surface area contributed by atoms with Crippen molar-refractivity contribution in [3.8, 4) is 0 Å². The largest absolute Gasteiger partial charge is 0.444 e. The minimum absolute atomic E-state index is 0.0327. The van der Waals surface area contributed by atoms with Crippen LogP contribution in [0, 0.1) is 0 Å². The molecule has 30 heavy (non-hydrogen) atoms. The van der Waals surface area contributed by atoms with Gasteiger partial charge in [-0.3, -0.25) is 9.67 Å². The summed E-state index contributed by atoms with van der Waals surface area (Å²) >= 11 is 0. The highest BCUT2D eigenvalue weighted by Crippen LogP contribution is 2.21. The molecule has 1 aliphatic rings. The van der Waals surface area contributed by atoms with Gasteiger partial charge >= 0.3 is 6.09 Å². The van der Waals surface area contributed by atoms with E-state index in [1.54, 1.807) is 9.58 Å². The monoisotopic (exact) mass is 422 g/mol. The fourth-order valence-corrected chi connectivity index (χ4v) is 3.24. The van der Waals surface area contributed by atoms with E-state index < -0.39 is 5.60 Å². The topological polar surface area (TPSA) is 84.2 Å². The summed E-state index contributed by atoms with van der Waals surface area (Å²) in [7, 11) is 1.91. The molecule has 2 rings (SSSR count). The molecule has 9 heteroatoms. The molecule has 1 aromatic rings. The number of guanidine groups is 1. The molecule has 0 spiro atoms. The molecule has 1 unspecified atom stereocenters. The van der Waals surface area contributed by atoms with E-state index in [0.717, 1.165) is 31.0 Å². The maximum Gasteiger partial charge on any atom is 0.410 e. The van der Waals surface area contributed by atoms with E-state index in [4.69, 9.17) is 14.5 Å². The number of rotatable bonds is 7. The number of carbonyl (C=O) groups excluding carboxylic acids is 1. The Balaban J connectivity index is 2.00. The van der Waals surface area contributed by atoms with Crippen molar-refractivity contribution >= 4 is 12.1 Å². The zero-order chi connectivity index (χ0) is 22.1. The summed E-state index contributed by atoms with van der Waals surface area (Å²) < 4.78 is 13.3. The summed E-state index contributed by atoms with van der Waals surface area (Å²) in [5, 5.41) is 7.62. The van der Waals surface area contributed by atoms with E-state index in [0.29, 0.717) is 32.8 Å². The van der Waals surface area contributed by atoms with Crippen LogP contribution in [0.2, 0.25) is 0 Å². The molecule has 170 valence electrons. The van der Waals surface area contributed by atoms with Crippen LogP contribution < -0.4 is 5.32 Å². The molecule has 0 aromatic carbocycles. The van der Waals surface area contributed by atoms with Gasteiger partial charge in [-0.05, 0) is 34.1 Å². The lowest BCUT2D eigenvalue weighted by Gasteiger charge is -2.35. The van der Waals surface area contributed by atoms with Crippen molar-refractivity contribution in [1.82, 2.24) is 24.9 Å². The van der Waals surface area contributed by atoms with Gasteiger partial charge in [0.1, 0.15) is 11.7 Å². The van der Waals surface area contributed by atoms with Gasteiger partial charge in [0.15, 0.2) is 5.96 Å². The van der Waals surface area contributed by atoms with Crippen molar-refractivity contribution in [3.05, 3.63) is 18.0 Å². The Morgan fingerprint density at radius 1 is 1.40 bits per heavy atom. The highest BCUT2D eigenvalue weighted by atomic mass is 16.6. The molecule has 1 fully saturated rings. The van der Waals surface area contributed by atoms with Crippen LogP contribution >= 0.6 is 0 Å². The number of aliphatic imine (C=N–C) groups is 1. The molecule has 0 aliphatic carbocycles. The molecule has 1 atom stereocenters. The Morgan fingerprint density at radius 3 is 2.77 bits per heavy atom. The molecule has 9 nitrogen and oxygen atoms in total. The summed E-state index contributed by atoms with van der Waals surface area (Å²) in [5.41, 5.74) is 0.563. The molecule has 0 radical (unpaired) electrons. The van der Waals surface area contributed by atoms with Gasteiger partial charge in [-0.15, -0.1) is 0 Å². The SMILES string of the molecule is CCCN(CCN=C(NCC)N1CCOC(c2cnn(C)c2)C1)C(=O)OC(C)(C)C. The summed E-state index contributed by atoms with van der Waals surface area (Å²) in [4.78, 5) is 21.2. The predicted molar refractivity (Wildman–Crippen MR) is 118 cm³/mol. The minimum atomic E-state index is -0.504. The normalized spacial score (nSPS) is 17.7. The zero-order valence-electron chi connectivity index (χ0n) is 19.3. The number of nitrogens with zero attached hydrogens (tertiary/aromatic N) is 5. The molecule has 1 saturated heterocycles. The van der Waals surface area contributed by atoms with Crippen molar-refractivity contribution in [2.75, 3.05) is 45.9 Å².